The Kier molecular flexibility index (Phi) is 5.27. The molecule has 0 saturated heterocycles. The molecule has 1 atom stereocenters. The van der Waals surface area contributed by atoms with Crippen molar-refractivity contribution in [2.75, 3.05) is 6.61 Å². The molecule has 0 aliphatic carbocycles. The van der Waals surface area contributed by atoms with Crippen molar-refractivity contribution >= 4 is 26.0 Å². The van der Waals surface area contributed by atoms with Gasteiger partial charge in [0.1, 0.15) is 5.82 Å². The number of hydrogen-bond acceptors (Lipinski definition) is 3. The number of nitrogens with one attached hydrogen (secondary N) is 1. The van der Waals surface area contributed by atoms with Crippen LogP contribution < -0.4 is 4.72 Å². The summed E-state index contributed by atoms with van der Waals surface area (Å²) in [6.45, 7) is 3.26. The topological polar surface area (TPSA) is 66.4 Å². The fourth-order valence-corrected chi connectivity index (χ4v) is 2.93. The van der Waals surface area contributed by atoms with Gasteiger partial charge >= 0.3 is 0 Å². The molecule has 102 valence electrons. The third-order valence-electron chi connectivity index (χ3n) is 2.51. The van der Waals surface area contributed by atoms with Crippen molar-refractivity contribution in [2.45, 2.75) is 24.8 Å². The van der Waals surface area contributed by atoms with Crippen molar-refractivity contribution in [1.82, 2.24) is 4.72 Å². The molecule has 0 saturated carbocycles. The average Bonchev–Trinajstić information content (AvgIpc) is 2.29. The number of sulfonamides is 1. The summed E-state index contributed by atoms with van der Waals surface area (Å²) in [6.07, 6.45) is 0. The highest BCUT2D eigenvalue weighted by Crippen LogP contribution is 2.19. The Morgan fingerprint density at radius 2 is 2.06 bits per heavy atom. The van der Waals surface area contributed by atoms with Gasteiger partial charge in [-0.2, -0.15) is 0 Å². The molecule has 1 rings (SSSR count). The second-order valence-corrected chi connectivity index (χ2v) is 6.80. The van der Waals surface area contributed by atoms with Gasteiger partial charge in [0.2, 0.25) is 10.0 Å². The Bertz CT molecular complexity index is 519. The van der Waals surface area contributed by atoms with Gasteiger partial charge in [-0.15, -0.1) is 0 Å². The number of halogens is 2. The Balaban J connectivity index is 3.02. The molecule has 0 heterocycles. The molecule has 2 N–H and O–H groups in total. The first-order valence-corrected chi connectivity index (χ1v) is 7.63. The van der Waals surface area contributed by atoms with E-state index in [2.05, 4.69) is 20.7 Å². The maximum Gasteiger partial charge on any atom is 0.241 e. The highest BCUT2D eigenvalue weighted by atomic mass is 79.9. The van der Waals surface area contributed by atoms with Crippen LogP contribution in [0.3, 0.4) is 0 Å². The highest BCUT2D eigenvalue weighted by Gasteiger charge is 2.22. The van der Waals surface area contributed by atoms with E-state index in [0.717, 1.165) is 6.07 Å². The first kappa shape index (κ1) is 15.6. The molecule has 0 spiro atoms. The summed E-state index contributed by atoms with van der Waals surface area (Å²) in [5.74, 6) is -0.715. The van der Waals surface area contributed by atoms with E-state index in [0.29, 0.717) is 0 Å². The zero-order valence-corrected chi connectivity index (χ0v) is 12.4. The largest absolute Gasteiger partial charge is 0.395 e. The van der Waals surface area contributed by atoms with Crippen molar-refractivity contribution in [3.63, 3.8) is 0 Å². The molecule has 1 aromatic carbocycles. The zero-order valence-electron chi connectivity index (χ0n) is 10.0. The molecule has 1 aromatic rings. The fraction of sp³-hybridized carbons (Fsp3) is 0.455. The Morgan fingerprint density at radius 1 is 1.44 bits per heavy atom. The van der Waals surface area contributed by atoms with Crippen LogP contribution in [0.2, 0.25) is 0 Å². The molecule has 0 aliphatic rings. The van der Waals surface area contributed by atoms with Crippen molar-refractivity contribution < 1.29 is 17.9 Å². The molecular weight excluding hydrogens is 325 g/mol. The van der Waals surface area contributed by atoms with Gasteiger partial charge in [-0.3, -0.25) is 0 Å². The molecule has 0 aliphatic heterocycles. The molecule has 0 unspecified atom stereocenters. The van der Waals surface area contributed by atoms with Gasteiger partial charge in [-0.1, -0.05) is 13.8 Å². The van der Waals surface area contributed by atoms with Crippen LogP contribution in [-0.4, -0.2) is 26.2 Å². The summed E-state index contributed by atoms with van der Waals surface area (Å²) in [7, 11) is -3.83. The monoisotopic (exact) mass is 339 g/mol. The number of aliphatic hydroxyl groups is 1. The van der Waals surface area contributed by atoms with Crippen LogP contribution in [0.15, 0.2) is 27.6 Å². The van der Waals surface area contributed by atoms with E-state index in [1.165, 1.54) is 12.1 Å². The highest BCUT2D eigenvalue weighted by molar-refractivity contribution is 9.10. The molecule has 0 amide bonds. The molecule has 0 aromatic heterocycles. The predicted octanol–water partition coefficient (Wildman–Crippen LogP) is 1.88. The van der Waals surface area contributed by atoms with Crippen LogP contribution in [0, 0.1) is 11.7 Å². The summed E-state index contributed by atoms with van der Waals surface area (Å²) in [5.41, 5.74) is 0. The van der Waals surface area contributed by atoms with Gasteiger partial charge < -0.3 is 5.11 Å². The standard InChI is InChI=1S/C11H15BrFNO3S/c1-7(2)11(6-15)14-18(16,17)8-3-4-9(12)10(13)5-8/h3-5,7,11,14-15H,6H2,1-2H3/t11-/m1/s1. The van der Waals surface area contributed by atoms with E-state index in [1.54, 1.807) is 13.8 Å². The second kappa shape index (κ2) is 6.10. The minimum Gasteiger partial charge on any atom is -0.395 e. The molecule has 0 bridgehead atoms. The van der Waals surface area contributed by atoms with Crippen LogP contribution in [0.4, 0.5) is 4.39 Å². The lowest BCUT2D eigenvalue weighted by Gasteiger charge is -2.19. The lowest BCUT2D eigenvalue weighted by Crippen LogP contribution is -2.41. The third-order valence-corrected chi connectivity index (χ3v) is 4.64. The molecule has 0 fully saturated rings. The number of hydrogen-bond donors (Lipinski definition) is 2. The van der Waals surface area contributed by atoms with Crippen molar-refractivity contribution in [3.05, 3.63) is 28.5 Å². The summed E-state index contributed by atoms with van der Waals surface area (Å²) in [6, 6.07) is 2.96. The van der Waals surface area contributed by atoms with Crippen LogP contribution in [0.1, 0.15) is 13.8 Å². The van der Waals surface area contributed by atoms with Crippen LogP contribution in [-0.2, 0) is 10.0 Å². The van der Waals surface area contributed by atoms with E-state index < -0.39 is 21.9 Å². The van der Waals surface area contributed by atoms with Crippen LogP contribution in [0.5, 0.6) is 0 Å². The van der Waals surface area contributed by atoms with Gasteiger partial charge in [-0.05, 0) is 40.0 Å². The minimum absolute atomic E-state index is 0.0647. The van der Waals surface area contributed by atoms with E-state index in [9.17, 15) is 12.8 Å². The first-order valence-electron chi connectivity index (χ1n) is 5.36. The van der Waals surface area contributed by atoms with Gasteiger partial charge in [-0.25, -0.2) is 17.5 Å². The van der Waals surface area contributed by atoms with Gasteiger partial charge in [0, 0.05) is 6.04 Å². The lowest BCUT2D eigenvalue weighted by atomic mass is 10.1. The van der Waals surface area contributed by atoms with Crippen LogP contribution in [0.25, 0.3) is 0 Å². The Hall–Kier alpha value is -0.500. The van der Waals surface area contributed by atoms with Gasteiger partial charge in [0.05, 0.1) is 16.0 Å². The molecule has 0 radical (unpaired) electrons. The molecule has 7 heteroatoms. The zero-order chi connectivity index (χ0) is 13.9. The maximum absolute atomic E-state index is 13.3. The van der Waals surface area contributed by atoms with Crippen molar-refractivity contribution in [1.29, 1.82) is 0 Å². The summed E-state index contributed by atoms with van der Waals surface area (Å²) in [4.78, 5) is -0.165. The number of benzene rings is 1. The summed E-state index contributed by atoms with van der Waals surface area (Å²) in [5, 5.41) is 9.10. The Labute approximate surface area is 114 Å². The van der Waals surface area contributed by atoms with Crippen LogP contribution >= 0.6 is 15.9 Å². The fourth-order valence-electron chi connectivity index (χ4n) is 1.30. The Morgan fingerprint density at radius 3 is 2.50 bits per heavy atom. The average molecular weight is 340 g/mol. The third kappa shape index (κ3) is 3.74. The normalized spacial score (nSPS) is 13.9. The first-order chi connectivity index (χ1) is 8.27. The second-order valence-electron chi connectivity index (χ2n) is 4.23. The van der Waals surface area contributed by atoms with Gasteiger partial charge in [0.15, 0.2) is 0 Å². The van der Waals surface area contributed by atoms with Gasteiger partial charge in [0.25, 0.3) is 0 Å². The summed E-state index contributed by atoms with van der Waals surface area (Å²) >= 11 is 2.95. The van der Waals surface area contributed by atoms with E-state index in [4.69, 9.17) is 5.11 Å². The minimum atomic E-state index is -3.83. The maximum atomic E-state index is 13.3. The smallest absolute Gasteiger partial charge is 0.241 e. The predicted molar refractivity (Wildman–Crippen MR) is 70.1 cm³/mol. The quantitative estimate of drug-likeness (QED) is 0.860. The van der Waals surface area contributed by atoms with E-state index in [-0.39, 0.29) is 21.9 Å². The number of aliphatic hydroxyl groups excluding tert-OH is 1. The molecular formula is C11H15BrFNO3S. The lowest BCUT2D eigenvalue weighted by molar-refractivity contribution is 0.227. The van der Waals surface area contributed by atoms with Crippen molar-refractivity contribution in [2.24, 2.45) is 5.92 Å². The summed E-state index contributed by atoms with van der Waals surface area (Å²) < 4.78 is 39.8. The SMILES string of the molecule is CC(C)[C@@H](CO)NS(=O)(=O)c1ccc(Br)c(F)c1. The molecule has 4 nitrogen and oxygen atoms in total. The van der Waals surface area contributed by atoms with E-state index >= 15 is 0 Å². The number of rotatable bonds is 5. The molecule has 18 heavy (non-hydrogen) atoms. The van der Waals surface area contributed by atoms with E-state index in [1.807, 2.05) is 0 Å². The van der Waals surface area contributed by atoms with Crippen molar-refractivity contribution in [3.8, 4) is 0 Å².